The molecule has 1 aromatic heterocycles. The monoisotopic (exact) mass is 211 g/mol. The first-order valence-electron chi connectivity index (χ1n) is 5.09. The molecular formula is C10H17N3O2. The van der Waals surface area contributed by atoms with Gasteiger partial charge in [-0.3, -0.25) is 0 Å². The summed E-state index contributed by atoms with van der Waals surface area (Å²) in [5.74, 6) is 1.03. The largest absolute Gasteiger partial charge is 0.478 e. The number of nitrogens with zero attached hydrogens (tertiary/aromatic N) is 2. The molecule has 0 radical (unpaired) electrons. The maximum absolute atomic E-state index is 8.86. The van der Waals surface area contributed by atoms with Crippen molar-refractivity contribution in [3.05, 3.63) is 12.3 Å². The number of rotatable bonds is 6. The second-order valence-electron chi connectivity index (χ2n) is 3.29. The molecule has 15 heavy (non-hydrogen) atoms. The van der Waals surface area contributed by atoms with Crippen LogP contribution in [0, 0.1) is 0 Å². The molecular weight excluding hydrogens is 194 g/mol. The average molecular weight is 211 g/mol. The molecule has 0 spiro atoms. The lowest BCUT2D eigenvalue weighted by Crippen LogP contribution is -2.20. The predicted octanol–water partition coefficient (Wildman–Crippen LogP) is 1.06. The zero-order valence-corrected chi connectivity index (χ0v) is 9.10. The van der Waals surface area contributed by atoms with Gasteiger partial charge in [-0.1, -0.05) is 6.92 Å². The molecule has 0 fully saturated rings. The smallest absolute Gasteiger partial charge is 0.226 e. The fraction of sp³-hybridized carbons (Fsp3) is 0.600. The first-order valence-corrected chi connectivity index (χ1v) is 5.09. The van der Waals surface area contributed by atoms with Crippen molar-refractivity contribution in [2.45, 2.75) is 26.3 Å². The Morgan fingerprint density at radius 3 is 3.07 bits per heavy atom. The van der Waals surface area contributed by atoms with Gasteiger partial charge >= 0.3 is 0 Å². The molecule has 0 aromatic carbocycles. The summed E-state index contributed by atoms with van der Waals surface area (Å²) in [4.78, 5) is 8.16. The average Bonchev–Trinajstić information content (AvgIpc) is 2.26. The summed E-state index contributed by atoms with van der Waals surface area (Å²) >= 11 is 0. The summed E-state index contributed by atoms with van der Waals surface area (Å²) in [5, 5.41) is 11.8. The molecule has 0 aliphatic heterocycles. The third-order valence-electron chi connectivity index (χ3n) is 1.73. The van der Waals surface area contributed by atoms with Gasteiger partial charge < -0.3 is 15.2 Å². The van der Waals surface area contributed by atoms with Crippen LogP contribution in [0.5, 0.6) is 5.88 Å². The summed E-state index contributed by atoms with van der Waals surface area (Å²) in [6.45, 7) is 4.58. The van der Waals surface area contributed by atoms with E-state index in [2.05, 4.69) is 15.3 Å². The molecule has 0 aliphatic rings. The number of anilines is 1. The van der Waals surface area contributed by atoms with Gasteiger partial charge in [0.05, 0.1) is 13.2 Å². The molecule has 2 N–H and O–H groups in total. The fourth-order valence-corrected chi connectivity index (χ4v) is 0.965. The highest BCUT2D eigenvalue weighted by molar-refractivity contribution is 5.28. The molecule has 84 valence electrons. The Morgan fingerprint density at radius 2 is 2.40 bits per heavy atom. The molecule has 0 saturated heterocycles. The molecule has 1 aromatic rings. The Hall–Kier alpha value is -1.36. The Labute approximate surface area is 89.5 Å². The summed E-state index contributed by atoms with van der Waals surface area (Å²) in [5.41, 5.74) is 0. The standard InChI is InChI=1S/C10H17N3O2/c1-3-6-15-9-4-5-11-10(13-9)12-8(2)7-14/h4-5,8,14H,3,6-7H2,1-2H3,(H,11,12,13). The van der Waals surface area contributed by atoms with Gasteiger partial charge in [0, 0.05) is 18.3 Å². The number of ether oxygens (including phenoxy) is 1. The summed E-state index contributed by atoms with van der Waals surface area (Å²) in [6, 6.07) is 1.65. The molecule has 0 bridgehead atoms. The summed E-state index contributed by atoms with van der Waals surface area (Å²) in [6.07, 6.45) is 2.57. The van der Waals surface area contributed by atoms with Gasteiger partial charge in [0.2, 0.25) is 11.8 Å². The minimum absolute atomic E-state index is 0.0450. The zero-order chi connectivity index (χ0) is 11.1. The van der Waals surface area contributed by atoms with Gasteiger partial charge in [-0.15, -0.1) is 0 Å². The van der Waals surface area contributed by atoms with Crippen LogP contribution in [0.25, 0.3) is 0 Å². The van der Waals surface area contributed by atoms with Crippen molar-refractivity contribution in [1.29, 1.82) is 0 Å². The fourth-order valence-electron chi connectivity index (χ4n) is 0.965. The van der Waals surface area contributed by atoms with E-state index in [0.29, 0.717) is 18.4 Å². The van der Waals surface area contributed by atoms with Gasteiger partial charge in [-0.25, -0.2) is 4.98 Å². The molecule has 1 atom stereocenters. The molecule has 0 saturated carbocycles. The number of aliphatic hydroxyl groups excluding tert-OH is 1. The van der Waals surface area contributed by atoms with Gasteiger partial charge in [0.25, 0.3) is 0 Å². The Morgan fingerprint density at radius 1 is 1.60 bits per heavy atom. The van der Waals surface area contributed by atoms with Crippen molar-refractivity contribution in [2.24, 2.45) is 0 Å². The maximum Gasteiger partial charge on any atom is 0.226 e. The summed E-state index contributed by atoms with van der Waals surface area (Å²) in [7, 11) is 0. The highest BCUT2D eigenvalue weighted by Gasteiger charge is 2.03. The highest BCUT2D eigenvalue weighted by atomic mass is 16.5. The Kier molecular flexibility index (Phi) is 4.83. The quantitative estimate of drug-likeness (QED) is 0.736. The van der Waals surface area contributed by atoms with Crippen molar-refractivity contribution in [3.63, 3.8) is 0 Å². The van der Waals surface area contributed by atoms with Crippen LogP contribution in [0.3, 0.4) is 0 Å². The van der Waals surface area contributed by atoms with Crippen molar-refractivity contribution >= 4 is 5.95 Å². The van der Waals surface area contributed by atoms with Crippen LogP contribution in [0.4, 0.5) is 5.95 Å². The SMILES string of the molecule is CCCOc1ccnc(NC(C)CO)n1. The van der Waals surface area contributed by atoms with Gasteiger partial charge in [-0.2, -0.15) is 4.98 Å². The number of aliphatic hydroxyl groups is 1. The molecule has 0 aliphatic carbocycles. The number of hydrogen-bond donors (Lipinski definition) is 2. The Bertz CT molecular complexity index is 294. The van der Waals surface area contributed by atoms with E-state index in [1.807, 2.05) is 13.8 Å². The van der Waals surface area contributed by atoms with Crippen LogP contribution in [-0.2, 0) is 0 Å². The number of hydrogen-bond acceptors (Lipinski definition) is 5. The third kappa shape index (κ3) is 4.12. The molecule has 1 rings (SSSR count). The van der Waals surface area contributed by atoms with Gasteiger partial charge in [0.15, 0.2) is 0 Å². The van der Waals surface area contributed by atoms with E-state index in [1.54, 1.807) is 12.3 Å². The normalized spacial score (nSPS) is 12.2. The lowest BCUT2D eigenvalue weighted by molar-refractivity contribution is 0.280. The van der Waals surface area contributed by atoms with Crippen LogP contribution in [0.1, 0.15) is 20.3 Å². The third-order valence-corrected chi connectivity index (χ3v) is 1.73. The zero-order valence-electron chi connectivity index (χ0n) is 9.10. The molecule has 5 nitrogen and oxygen atoms in total. The second kappa shape index (κ2) is 6.19. The topological polar surface area (TPSA) is 67.3 Å². The Balaban J connectivity index is 2.57. The number of nitrogens with one attached hydrogen (secondary N) is 1. The highest BCUT2D eigenvalue weighted by Crippen LogP contribution is 2.09. The number of aromatic nitrogens is 2. The van der Waals surface area contributed by atoms with E-state index in [0.717, 1.165) is 6.42 Å². The summed E-state index contributed by atoms with van der Waals surface area (Å²) < 4.78 is 5.36. The van der Waals surface area contributed by atoms with Crippen molar-refractivity contribution in [1.82, 2.24) is 9.97 Å². The van der Waals surface area contributed by atoms with E-state index in [4.69, 9.17) is 9.84 Å². The van der Waals surface area contributed by atoms with Crippen LogP contribution in [0.2, 0.25) is 0 Å². The van der Waals surface area contributed by atoms with Crippen LogP contribution in [0.15, 0.2) is 12.3 Å². The first-order chi connectivity index (χ1) is 7.26. The van der Waals surface area contributed by atoms with Gasteiger partial charge in [0.1, 0.15) is 0 Å². The van der Waals surface area contributed by atoms with E-state index in [9.17, 15) is 0 Å². The van der Waals surface area contributed by atoms with Crippen LogP contribution >= 0.6 is 0 Å². The molecule has 5 heteroatoms. The van der Waals surface area contributed by atoms with Crippen LogP contribution in [-0.4, -0.2) is 34.3 Å². The van der Waals surface area contributed by atoms with Crippen molar-refractivity contribution in [3.8, 4) is 5.88 Å². The predicted molar refractivity (Wildman–Crippen MR) is 58.0 cm³/mol. The molecule has 1 unspecified atom stereocenters. The van der Waals surface area contributed by atoms with E-state index < -0.39 is 0 Å². The van der Waals surface area contributed by atoms with Crippen molar-refractivity contribution < 1.29 is 9.84 Å². The first kappa shape index (κ1) is 11.7. The second-order valence-corrected chi connectivity index (χ2v) is 3.29. The molecule has 0 amide bonds. The molecule has 1 heterocycles. The lowest BCUT2D eigenvalue weighted by Gasteiger charge is -2.11. The van der Waals surface area contributed by atoms with Gasteiger partial charge in [-0.05, 0) is 13.3 Å². The van der Waals surface area contributed by atoms with E-state index in [-0.39, 0.29) is 12.6 Å². The minimum Gasteiger partial charge on any atom is -0.478 e. The maximum atomic E-state index is 8.86. The van der Waals surface area contributed by atoms with E-state index >= 15 is 0 Å². The van der Waals surface area contributed by atoms with Crippen LogP contribution < -0.4 is 10.1 Å². The van der Waals surface area contributed by atoms with Crippen molar-refractivity contribution in [2.75, 3.05) is 18.5 Å². The van der Waals surface area contributed by atoms with E-state index in [1.165, 1.54) is 0 Å². The minimum atomic E-state index is -0.0635. The lowest BCUT2D eigenvalue weighted by atomic mass is 10.4.